The minimum atomic E-state index is -0.353. The summed E-state index contributed by atoms with van der Waals surface area (Å²) < 4.78 is 0. The van der Waals surface area contributed by atoms with Gasteiger partial charge in [-0.25, -0.2) is 0 Å². The van der Waals surface area contributed by atoms with Gasteiger partial charge in [-0.3, -0.25) is 10.1 Å². The van der Waals surface area contributed by atoms with E-state index in [1.165, 1.54) is 11.1 Å². The van der Waals surface area contributed by atoms with E-state index in [9.17, 15) is 10.1 Å². The highest BCUT2D eigenvalue weighted by atomic mass is 79.9. The van der Waals surface area contributed by atoms with Crippen LogP contribution in [0.25, 0.3) is 0 Å². The smallest absolute Gasteiger partial charge is 0.269 e. The molecule has 1 aliphatic rings. The Morgan fingerprint density at radius 2 is 1.80 bits per heavy atom. The number of halogens is 1. The number of hydrogen-bond acceptors (Lipinski definition) is 3. The number of rotatable bonds is 3. The number of benzene rings is 2. The molecule has 0 aliphatic carbocycles. The predicted octanol–water partition coefficient (Wildman–Crippen LogP) is 4.01. The van der Waals surface area contributed by atoms with Crippen LogP contribution >= 0.6 is 15.9 Å². The fourth-order valence-corrected chi connectivity index (χ4v) is 3.05. The molecule has 102 valence electrons. The van der Waals surface area contributed by atoms with E-state index in [1.807, 2.05) is 18.2 Å². The van der Waals surface area contributed by atoms with Crippen molar-refractivity contribution in [3.8, 4) is 0 Å². The van der Waals surface area contributed by atoms with Crippen molar-refractivity contribution >= 4 is 27.3 Å². The Hall–Kier alpha value is -1.88. The van der Waals surface area contributed by atoms with Gasteiger partial charge >= 0.3 is 0 Å². The van der Waals surface area contributed by atoms with Crippen LogP contribution in [0.1, 0.15) is 16.7 Å². The highest BCUT2D eigenvalue weighted by molar-refractivity contribution is 9.08. The van der Waals surface area contributed by atoms with Crippen LogP contribution in [0.2, 0.25) is 0 Å². The normalized spacial score (nSPS) is 13.3. The number of anilines is 1. The molecule has 0 fully saturated rings. The van der Waals surface area contributed by atoms with Crippen molar-refractivity contribution < 1.29 is 4.92 Å². The molecular weight excluding hydrogens is 320 g/mol. The number of alkyl halides is 1. The monoisotopic (exact) mass is 332 g/mol. The molecule has 1 aliphatic heterocycles. The largest absolute Gasteiger partial charge is 0.363 e. The van der Waals surface area contributed by atoms with Crippen LogP contribution in [0.4, 0.5) is 11.4 Å². The van der Waals surface area contributed by atoms with Crippen LogP contribution in [0.3, 0.4) is 0 Å². The molecule has 3 rings (SSSR count). The number of non-ortho nitro benzene ring substituents is 1. The molecular formula is C15H13BrN2O2. The van der Waals surface area contributed by atoms with Crippen LogP contribution in [-0.2, 0) is 18.4 Å². The van der Waals surface area contributed by atoms with E-state index < -0.39 is 0 Å². The number of nitrogens with zero attached hydrogens (tertiary/aromatic N) is 2. The molecule has 2 aromatic carbocycles. The van der Waals surface area contributed by atoms with Gasteiger partial charge in [0.15, 0.2) is 0 Å². The lowest BCUT2D eigenvalue weighted by Crippen LogP contribution is -2.16. The molecule has 2 aromatic rings. The lowest BCUT2D eigenvalue weighted by molar-refractivity contribution is -0.384. The van der Waals surface area contributed by atoms with Crippen LogP contribution in [0.15, 0.2) is 42.5 Å². The molecule has 0 saturated heterocycles. The molecule has 1 heterocycles. The highest BCUT2D eigenvalue weighted by Crippen LogP contribution is 2.33. The quantitative estimate of drug-likeness (QED) is 0.484. The summed E-state index contributed by atoms with van der Waals surface area (Å²) in [6.45, 7) is 1.71. The first kappa shape index (κ1) is 13.1. The van der Waals surface area contributed by atoms with Gasteiger partial charge in [-0.1, -0.05) is 40.2 Å². The second kappa shape index (κ2) is 5.25. The molecule has 0 radical (unpaired) electrons. The first-order chi connectivity index (χ1) is 9.69. The second-order valence-electron chi connectivity index (χ2n) is 4.83. The van der Waals surface area contributed by atoms with Gasteiger partial charge in [-0.15, -0.1) is 0 Å². The third kappa shape index (κ3) is 2.29. The number of nitro groups is 1. The Bertz CT molecular complexity index is 648. The van der Waals surface area contributed by atoms with Crippen molar-refractivity contribution in [2.45, 2.75) is 18.4 Å². The van der Waals surface area contributed by atoms with Crippen LogP contribution in [-0.4, -0.2) is 4.92 Å². The number of hydrogen-bond donors (Lipinski definition) is 0. The molecule has 0 atom stereocenters. The van der Waals surface area contributed by atoms with E-state index in [4.69, 9.17) is 0 Å². The average Bonchev–Trinajstić information content (AvgIpc) is 2.90. The summed E-state index contributed by atoms with van der Waals surface area (Å²) in [7, 11) is 0. The van der Waals surface area contributed by atoms with Gasteiger partial charge in [-0.05, 0) is 22.8 Å². The van der Waals surface area contributed by atoms with Crippen LogP contribution in [0.5, 0.6) is 0 Å². The first-order valence-electron chi connectivity index (χ1n) is 6.34. The minimum absolute atomic E-state index is 0.139. The van der Waals surface area contributed by atoms with Gasteiger partial charge < -0.3 is 4.90 Å². The van der Waals surface area contributed by atoms with Crippen LogP contribution in [0, 0.1) is 10.1 Å². The van der Waals surface area contributed by atoms with Gasteiger partial charge in [0.05, 0.1) is 4.92 Å². The summed E-state index contributed by atoms with van der Waals surface area (Å²) in [6.07, 6.45) is 0. The SMILES string of the molecule is O=[N+]([O-])c1ccc(N2Cc3ccccc3C2)c(CBr)c1. The Labute approximate surface area is 125 Å². The molecule has 0 saturated carbocycles. The summed E-state index contributed by atoms with van der Waals surface area (Å²) in [5.41, 5.74) is 4.80. The molecule has 0 N–H and O–H groups in total. The van der Waals surface area contributed by atoms with Crippen molar-refractivity contribution in [2.24, 2.45) is 0 Å². The summed E-state index contributed by atoms with van der Waals surface area (Å²) >= 11 is 3.42. The molecule has 0 aromatic heterocycles. The molecule has 5 heteroatoms. The zero-order valence-corrected chi connectivity index (χ0v) is 12.3. The van der Waals surface area contributed by atoms with E-state index in [0.717, 1.165) is 24.3 Å². The van der Waals surface area contributed by atoms with E-state index in [1.54, 1.807) is 12.1 Å². The molecule has 0 bridgehead atoms. The summed E-state index contributed by atoms with van der Waals surface area (Å²) in [4.78, 5) is 12.8. The Morgan fingerprint density at radius 3 is 2.35 bits per heavy atom. The fraction of sp³-hybridized carbons (Fsp3) is 0.200. The summed E-state index contributed by atoms with van der Waals surface area (Å²) in [6, 6.07) is 13.4. The zero-order chi connectivity index (χ0) is 14.1. The minimum Gasteiger partial charge on any atom is -0.363 e. The average molecular weight is 333 g/mol. The van der Waals surface area contributed by atoms with Gasteiger partial charge in [0.2, 0.25) is 0 Å². The molecule has 0 amide bonds. The van der Waals surface area contributed by atoms with Gasteiger partial charge in [0.1, 0.15) is 0 Å². The predicted molar refractivity (Wildman–Crippen MR) is 82.1 cm³/mol. The van der Waals surface area contributed by atoms with E-state index in [2.05, 4.69) is 33.0 Å². The van der Waals surface area contributed by atoms with E-state index in [0.29, 0.717) is 5.33 Å². The van der Waals surface area contributed by atoms with Crippen molar-refractivity contribution in [1.82, 2.24) is 0 Å². The van der Waals surface area contributed by atoms with E-state index in [-0.39, 0.29) is 10.6 Å². The topological polar surface area (TPSA) is 46.4 Å². The second-order valence-corrected chi connectivity index (χ2v) is 5.39. The van der Waals surface area contributed by atoms with Gasteiger partial charge in [-0.2, -0.15) is 0 Å². The number of nitro benzene ring substituents is 1. The van der Waals surface area contributed by atoms with Gasteiger partial charge in [0, 0.05) is 36.2 Å². The number of fused-ring (bicyclic) bond motifs is 1. The lowest BCUT2D eigenvalue weighted by atomic mass is 10.1. The standard InChI is InChI=1S/C15H13BrN2O2/c16-8-13-7-14(18(19)20)5-6-15(13)17-9-11-3-1-2-4-12(11)10-17/h1-7H,8-10H2. The lowest BCUT2D eigenvalue weighted by Gasteiger charge is -2.20. The summed E-state index contributed by atoms with van der Waals surface area (Å²) in [5, 5.41) is 11.5. The molecule has 0 spiro atoms. The van der Waals surface area contributed by atoms with Crippen molar-refractivity contribution in [3.63, 3.8) is 0 Å². The van der Waals surface area contributed by atoms with Crippen molar-refractivity contribution in [2.75, 3.05) is 4.90 Å². The maximum atomic E-state index is 10.9. The Morgan fingerprint density at radius 1 is 1.15 bits per heavy atom. The maximum Gasteiger partial charge on any atom is 0.269 e. The van der Waals surface area contributed by atoms with Gasteiger partial charge in [0.25, 0.3) is 5.69 Å². The third-order valence-corrected chi connectivity index (χ3v) is 4.20. The fourth-order valence-electron chi connectivity index (χ4n) is 2.60. The highest BCUT2D eigenvalue weighted by Gasteiger charge is 2.21. The van der Waals surface area contributed by atoms with Crippen LogP contribution < -0.4 is 4.90 Å². The Kier molecular flexibility index (Phi) is 3.44. The van der Waals surface area contributed by atoms with Crippen molar-refractivity contribution in [3.05, 3.63) is 69.3 Å². The summed E-state index contributed by atoms with van der Waals surface area (Å²) in [5.74, 6) is 0. The first-order valence-corrected chi connectivity index (χ1v) is 7.46. The molecule has 4 nitrogen and oxygen atoms in total. The van der Waals surface area contributed by atoms with Crippen molar-refractivity contribution in [1.29, 1.82) is 0 Å². The third-order valence-electron chi connectivity index (χ3n) is 3.60. The maximum absolute atomic E-state index is 10.9. The molecule has 20 heavy (non-hydrogen) atoms. The van der Waals surface area contributed by atoms with E-state index >= 15 is 0 Å². The zero-order valence-electron chi connectivity index (χ0n) is 10.8. The molecule has 0 unspecified atom stereocenters. The Balaban J connectivity index is 1.94.